The van der Waals surface area contributed by atoms with E-state index in [-0.39, 0.29) is 5.78 Å². The van der Waals surface area contributed by atoms with Crippen molar-refractivity contribution in [1.29, 1.82) is 0 Å². The molecule has 2 heteroatoms. The van der Waals surface area contributed by atoms with Crippen molar-refractivity contribution in [2.45, 2.75) is 24.7 Å². The van der Waals surface area contributed by atoms with E-state index >= 15 is 0 Å². The van der Waals surface area contributed by atoms with E-state index in [1.165, 1.54) is 11.1 Å². The van der Waals surface area contributed by atoms with E-state index < -0.39 is 0 Å². The molecule has 0 atom stereocenters. The van der Waals surface area contributed by atoms with Crippen molar-refractivity contribution in [3.05, 3.63) is 65.2 Å². The molecular weight excluding hydrogens is 252 g/mol. The fourth-order valence-corrected chi connectivity index (χ4v) is 2.75. The summed E-state index contributed by atoms with van der Waals surface area (Å²) in [5.74, 6) is 0.228. The second kappa shape index (κ2) is 6.58. The zero-order chi connectivity index (χ0) is 13.7. The molecule has 2 aromatic rings. The van der Waals surface area contributed by atoms with E-state index in [2.05, 4.69) is 25.1 Å². The van der Waals surface area contributed by atoms with Crippen LogP contribution in [0.25, 0.3) is 0 Å². The average molecular weight is 270 g/mol. The van der Waals surface area contributed by atoms with Crippen LogP contribution in [0, 0.1) is 6.92 Å². The number of thioether (sulfide) groups is 1. The number of rotatable bonds is 5. The summed E-state index contributed by atoms with van der Waals surface area (Å²) in [5.41, 5.74) is 3.33. The van der Waals surface area contributed by atoms with Gasteiger partial charge in [-0.15, -0.1) is 11.8 Å². The minimum absolute atomic E-state index is 0.228. The van der Waals surface area contributed by atoms with Crippen LogP contribution in [0.2, 0.25) is 0 Å². The van der Waals surface area contributed by atoms with Crippen molar-refractivity contribution < 1.29 is 4.79 Å². The van der Waals surface area contributed by atoms with Gasteiger partial charge in [0.2, 0.25) is 0 Å². The van der Waals surface area contributed by atoms with Gasteiger partial charge in [-0.25, -0.2) is 0 Å². The van der Waals surface area contributed by atoms with Crippen molar-refractivity contribution in [3.8, 4) is 0 Å². The molecule has 0 aromatic heterocycles. The lowest BCUT2D eigenvalue weighted by Crippen LogP contribution is -2.02. The number of hydrogen-bond acceptors (Lipinski definition) is 2. The molecule has 0 amide bonds. The van der Waals surface area contributed by atoms with Crippen LogP contribution >= 0.6 is 11.8 Å². The lowest BCUT2D eigenvalue weighted by molar-refractivity contribution is 0.0980. The van der Waals surface area contributed by atoms with Gasteiger partial charge in [0.1, 0.15) is 0 Å². The summed E-state index contributed by atoms with van der Waals surface area (Å²) in [5, 5.41) is 0. The molecule has 0 fully saturated rings. The number of Topliss-reactive ketones (excluding diaryl/α,β-unsaturated/α-hetero) is 1. The minimum atomic E-state index is 0.228. The zero-order valence-corrected chi connectivity index (χ0v) is 12.2. The van der Waals surface area contributed by atoms with Crippen molar-refractivity contribution in [3.63, 3.8) is 0 Å². The van der Waals surface area contributed by atoms with Crippen LogP contribution in [0.15, 0.2) is 53.4 Å². The summed E-state index contributed by atoms with van der Waals surface area (Å²) in [6, 6.07) is 16.2. The first-order chi connectivity index (χ1) is 9.20. The second-order valence-electron chi connectivity index (χ2n) is 4.61. The Morgan fingerprint density at radius 3 is 2.63 bits per heavy atom. The fraction of sp³-hybridized carbons (Fsp3) is 0.235. The predicted octanol–water partition coefficient (Wildman–Crippen LogP) is 4.53. The molecule has 0 saturated carbocycles. The van der Waals surface area contributed by atoms with Crippen molar-refractivity contribution in [2.75, 3.05) is 6.26 Å². The zero-order valence-electron chi connectivity index (χ0n) is 11.3. The molecule has 2 aromatic carbocycles. The molecule has 0 aliphatic rings. The maximum absolute atomic E-state index is 12.3. The third kappa shape index (κ3) is 3.71. The number of hydrogen-bond donors (Lipinski definition) is 0. The average Bonchev–Trinajstić information content (AvgIpc) is 2.45. The van der Waals surface area contributed by atoms with Gasteiger partial charge in [0.05, 0.1) is 0 Å². The van der Waals surface area contributed by atoms with Gasteiger partial charge < -0.3 is 0 Å². The topological polar surface area (TPSA) is 17.1 Å². The Hall–Kier alpha value is -1.54. The van der Waals surface area contributed by atoms with Crippen molar-refractivity contribution >= 4 is 17.5 Å². The summed E-state index contributed by atoms with van der Waals surface area (Å²) in [7, 11) is 0. The van der Waals surface area contributed by atoms with E-state index in [4.69, 9.17) is 0 Å². The monoisotopic (exact) mass is 270 g/mol. The van der Waals surface area contributed by atoms with Crippen LogP contribution in [-0.2, 0) is 6.42 Å². The SMILES string of the molecule is CSc1ccccc1C(=O)CCc1cccc(C)c1. The van der Waals surface area contributed by atoms with Gasteiger partial charge in [0.25, 0.3) is 0 Å². The molecule has 0 bridgehead atoms. The van der Waals surface area contributed by atoms with Crippen LogP contribution in [0.3, 0.4) is 0 Å². The Kier molecular flexibility index (Phi) is 4.80. The van der Waals surface area contributed by atoms with Gasteiger partial charge in [-0.1, -0.05) is 48.0 Å². The van der Waals surface area contributed by atoms with E-state index in [1.54, 1.807) is 11.8 Å². The van der Waals surface area contributed by atoms with Crippen LogP contribution < -0.4 is 0 Å². The molecule has 19 heavy (non-hydrogen) atoms. The summed E-state index contributed by atoms with van der Waals surface area (Å²) in [4.78, 5) is 13.3. The Labute approximate surface area is 119 Å². The molecule has 98 valence electrons. The third-order valence-electron chi connectivity index (χ3n) is 3.13. The molecule has 0 unspecified atom stereocenters. The highest BCUT2D eigenvalue weighted by molar-refractivity contribution is 7.98. The fourth-order valence-electron chi connectivity index (χ4n) is 2.14. The summed E-state index contributed by atoms with van der Waals surface area (Å²) in [6.07, 6.45) is 3.39. The highest BCUT2D eigenvalue weighted by Gasteiger charge is 2.10. The molecule has 1 nitrogen and oxygen atoms in total. The largest absolute Gasteiger partial charge is 0.294 e. The van der Waals surface area contributed by atoms with E-state index in [1.807, 2.05) is 36.6 Å². The van der Waals surface area contributed by atoms with E-state index in [0.29, 0.717) is 6.42 Å². The van der Waals surface area contributed by atoms with E-state index in [9.17, 15) is 4.79 Å². The van der Waals surface area contributed by atoms with Crippen molar-refractivity contribution in [1.82, 2.24) is 0 Å². The maximum atomic E-state index is 12.3. The maximum Gasteiger partial charge on any atom is 0.164 e. The highest BCUT2D eigenvalue weighted by Crippen LogP contribution is 2.21. The molecule has 0 saturated heterocycles. The van der Waals surface area contributed by atoms with Crippen LogP contribution in [0.4, 0.5) is 0 Å². The molecule has 0 radical (unpaired) electrons. The quantitative estimate of drug-likeness (QED) is 0.586. The molecule has 0 aliphatic heterocycles. The lowest BCUT2D eigenvalue weighted by atomic mass is 10.0. The Morgan fingerprint density at radius 1 is 1.11 bits per heavy atom. The minimum Gasteiger partial charge on any atom is -0.294 e. The van der Waals surface area contributed by atoms with Gasteiger partial charge in [-0.3, -0.25) is 4.79 Å². The molecule has 0 aliphatic carbocycles. The Balaban J connectivity index is 2.05. The van der Waals surface area contributed by atoms with Crippen LogP contribution in [0.5, 0.6) is 0 Å². The summed E-state index contributed by atoms with van der Waals surface area (Å²) in [6.45, 7) is 2.08. The summed E-state index contributed by atoms with van der Waals surface area (Å²) < 4.78 is 0. The standard InChI is InChI=1S/C17H18OS/c1-13-6-5-7-14(12-13)10-11-16(18)15-8-3-4-9-17(15)19-2/h3-9,12H,10-11H2,1-2H3. The predicted molar refractivity (Wildman–Crippen MR) is 82.1 cm³/mol. The van der Waals surface area contributed by atoms with Crippen LogP contribution in [-0.4, -0.2) is 12.0 Å². The van der Waals surface area contributed by atoms with Gasteiger partial charge in [-0.2, -0.15) is 0 Å². The van der Waals surface area contributed by atoms with Gasteiger partial charge in [0.15, 0.2) is 5.78 Å². The number of carbonyl (C=O) groups excluding carboxylic acids is 1. The first-order valence-corrected chi connectivity index (χ1v) is 7.65. The normalized spacial score (nSPS) is 10.4. The molecule has 0 N–H and O–H groups in total. The van der Waals surface area contributed by atoms with Crippen LogP contribution in [0.1, 0.15) is 27.9 Å². The van der Waals surface area contributed by atoms with Gasteiger partial charge in [0, 0.05) is 16.9 Å². The number of benzene rings is 2. The first kappa shape index (κ1) is 13.9. The lowest BCUT2D eigenvalue weighted by Gasteiger charge is -2.06. The molecular formula is C17H18OS. The van der Waals surface area contributed by atoms with Crippen molar-refractivity contribution in [2.24, 2.45) is 0 Å². The van der Waals surface area contributed by atoms with Gasteiger partial charge >= 0.3 is 0 Å². The number of carbonyl (C=O) groups is 1. The molecule has 2 rings (SSSR count). The smallest absolute Gasteiger partial charge is 0.164 e. The number of ketones is 1. The highest BCUT2D eigenvalue weighted by atomic mass is 32.2. The summed E-state index contributed by atoms with van der Waals surface area (Å²) >= 11 is 1.63. The molecule has 0 spiro atoms. The third-order valence-corrected chi connectivity index (χ3v) is 3.93. The molecule has 0 heterocycles. The second-order valence-corrected chi connectivity index (χ2v) is 5.46. The number of aryl methyl sites for hydroxylation is 2. The van der Waals surface area contributed by atoms with E-state index in [0.717, 1.165) is 16.9 Å². The first-order valence-electron chi connectivity index (χ1n) is 6.42. The van der Waals surface area contributed by atoms with Gasteiger partial charge in [-0.05, 0) is 31.2 Å². The Bertz CT molecular complexity index is 575. The Morgan fingerprint density at radius 2 is 1.89 bits per heavy atom.